The van der Waals surface area contributed by atoms with Crippen LogP contribution in [-0.2, 0) is 4.74 Å². The van der Waals surface area contributed by atoms with Crippen LogP contribution in [0.15, 0.2) is 48.7 Å². The van der Waals surface area contributed by atoms with Gasteiger partial charge in [-0.05, 0) is 30.7 Å². The van der Waals surface area contributed by atoms with Gasteiger partial charge < -0.3 is 15.0 Å². The highest BCUT2D eigenvalue weighted by atomic mass is 32.1. The highest BCUT2D eigenvalue weighted by Gasteiger charge is 2.23. The number of nitrogens with two attached hydrogens (primary N) is 1. The Morgan fingerprint density at radius 1 is 1.29 bits per heavy atom. The summed E-state index contributed by atoms with van der Waals surface area (Å²) in [4.78, 5) is 17.0. The van der Waals surface area contributed by atoms with E-state index in [-0.39, 0.29) is 16.9 Å². The molecule has 7 heteroatoms. The third-order valence-electron chi connectivity index (χ3n) is 4.55. The number of thiazole rings is 1. The van der Waals surface area contributed by atoms with Crippen molar-refractivity contribution in [1.82, 2.24) is 9.55 Å². The Bertz CT molecular complexity index is 1230. The molecule has 28 heavy (non-hydrogen) atoms. The summed E-state index contributed by atoms with van der Waals surface area (Å²) in [7, 11) is 1.29. The van der Waals surface area contributed by atoms with E-state index in [0.717, 1.165) is 32.0 Å². The van der Waals surface area contributed by atoms with Crippen LogP contribution in [0, 0.1) is 18.3 Å². The van der Waals surface area contributed by atoms with Crippen LogP contribution in [0.3, 0.4) is 0 Å². The van der Waals surface area contributed by atoms with Crippen LogP contribution >= 0.6 is 11.3 Å². The first-order valence-electron chi connectivity index (χ1n) is 8.49. The number of carbonyl (C=O) groups is 1. The van der Waals surface area contributed by atoms with Gasteiger partial charge in [-0.25, -0.2) is 9.78 Å². The summed E-state index contributed by atoms with van der Waals surface area (Å²) in [5.41, 5.74) is 10.0. The number of nitriles is 1. The van der Waals surface area contributed by atoms with Crippen molar-refractivity contribution in [3.63, 3.8) is 0 Å². The number of fused-ring (bicyclic) bond motifs is 1. The van der Waals surface area contributed by atoms with Gasteiger partial charge in [0.1, 0.15) is 11.1 Å². The minimum atomic E-state index is -0.594. The second-order valence-corrected chi connectivity index (χ2v) is 7.30. The summed E-state index contributed by atoms with van der Waals surface area (Å²) < 4.78 is 7.59. The van der Waals surface area contributed by atoms with Gasteiger partial charge in [-0.15, -0.1) is 11.3 Å². The zero-order chi connectivity index (χ0) is 19.8. The van der Waals surface area contributed by atoms with Gasteiger partial charge in [0.15, 0.2) is 5.69 Å². The molecule has 0 radical (unpaired) electrons. The number of nitrogens with zero attached hydrogens (tertiary/aromatic N) is 3. The van der Waals surface area contributed by atoms with E-state index in [1.165, 1.54) is 7.11 Å². The summed E-state index contributed by atoms with van der Waals surface area (Å²) in [6.45, 7) is 1.93. The lowest BCUT2D eigenvalue weighted by atomic mass is 10.1. The van der Waals surface area contributed by atoms with E-state index in [2.05, 4.69) is 0 Å². The van der Waals surface area contributed by atoms with Crippen LogP contribution in [0.2, 0.25) is 0 Å². The van der Waals surface area contributed by atoms with Gasteiger partial charge in [0.25, 0.3) is 0 Å². The number of anilines is 1. The monoisotopic (exact) mass is 388 g/mol. The van der Waals surface area contributed by atoms with Gasteiger partial charge in [0.05, 0.1) is 28.6 Å². The molecule has 0 aliphatic carbocycles. The molecule has 0 atom stereocenters. The van der Waals surface area contributed by atoms with Gasteiger partial charge in [0, 0.05) is 17.4 Å². The quantitative estimate of drug-likeness (QED) is 0.528. The third-order valence-corrected chi connectivity index (χ3v) is 5.64. The Balaban J connectivity index is 1.91. The Kier molecular flexibility index (Phi) is 4.34. The molecule has 2 N–H and O–H groups in total. The van der Waals surface area contributed by atoms with Gasteiger partial charge in [-0.1, -0.05) is 24.3 Å². The summed E-state index contributed by atoms with van der Waals surface area (Å²) in [5, 5.41) is 10.2. The number of nitrogen functional groups attached to an aromatic ring is 1. The predicted molar refractivity (Wildman–Crippen MR) is 110 cm³/mol. The number of methoxy groups -OCH3 is 1. The lowest BCUT2D eigenvalue weighted by molar-refractivity contribution is 0.0593. The Morgan fingerprint density at radius 2 is 2.07 bits per heavy atom. The number of benzene rings is 2. The lowest BCUT2D eigenvalue weighted by Gasteiger charge is -2.12. The molecule has 138 valence electrons. The second-order valence-electron chi connectivity index (χ2n) is 6.27. The molecule has 0 unspecified atom stereocenters. The molecule has 0 aliphatic rings. The molecule has 0 saturated carbocycles. The smallest absolute Gasteiger partial charge is 0.357 e. The molecule has 6 nitrogen and oxygen atoms in total. The van der Waals surface area contributed by atoms with Crippen LogP contribution in [0.1, 0.15) is 21.6 Å². The van der Waals surface area contributed by atoms with Crippen LogP contribution < -0.4 is 5.73 Å². The highest BCUT2D eigenvalue weighted by molar-refractivity contribution is 7.21. The van der Waals surface area contributed by atoms with Crippen LogP contribution in [0.5, 0.6) is 0 Å². The maximum Gasteiger partial charge on any atom is 0.357 e. The fourth-order valence-electron chi connectivity index (χ4n) is 3.10. The van der Waals surface area contributed by atoms with Gasteiger partial charge in [0.2, 0.25) is 0 Å². The van der Waals surface area contributed by atoms with Gasteiger partial charge in [-0.2, -0.15) is 5.26 Å². The van der Waals surface area contributed by atoms with Crippen molar-refractivity contribution >= 4 is 33.2 Å². The van der Waals surface area contributed by atoms with Crippen molar-refractivity contribution in [1.29, 1.82) is 5.26 Å². The largest absolute Gasteiger partial charge is 0.464 e. The maximum absolute atomic E-state index is 12.3. The number of ether oxygens (including phenoxy) is 1. The van der Waals surface area contributed by atoms with Crippen LogP contribution in [-0.4, -0.2) is 22.6 Å². The normalized spacial score (nSPS) is 10.8. The molecule has 4 rings (SSSR count). The SMILES string of the molecule is COC(=O)c1c(N)c(C#N)cn1-c1cc(-c2nc3ccccc3s2)ccc1C. The van der Waals surface area contributed by atoms with Crippen molar-refractivity contribution in [3.05, 3.63) is 65.5 Å². The Morgan fingerprint density at radius 3 is 2.79 bits per heavy atom. The number of hydrogen-bond donors (Lipinski definition) is 1. The molecule has 2 heterocycles. The van der Waals surface area contributed by atoms with Crippen LogP contribution in [0.4, 0.5) is 5.69 Å². The number of esters is 1. The molecule has 0 bridgehead atoms. The van der Waals surface area contributed by atoms with E-state index < -0.39 is 5.97 Å². The minimum Gasteiger partial charge on any atom is -0.464 e. The topological polar surface area (TPSA) is 93.9 Å². The van der Waals surface area contributed by atoms with Crippen molar-refractivity contribution in [3.8, 4) is 22.3 Å². The average molecular weight is 388 g/mol. The zero-order valence-electron chi connectivity index (χ0n) is 15.3. The Hall–Kier alpha value is -3.63. The van der Waals surface area contributed by atoms with E-state index in [4.69, 9.17) is 15.5 Å². The van der Waals surface area contributed by atoms with E-state index in [1.54, 1.807) is 22.1 Å². The van der Waals surface area contributed by atoms with E-state index in [1.807, 2.05) is 55.5 Å². The van der Waals surface area contributed by atoms with Crippen molar-refractivity contribution in [2.24, 2.45) is 0 Å². The molecular weight excluding hydrogens is 372 g/mol. The highest BCUT2D eigenvalue weighted by Crippen LogP contribution is 2.33. The second kappa shape index (κ2) is 6.83. The maximum atomic E-state index is 12.3. The van der Waals surface area contributed by atoms with Gasteiger partial charge in [-0.3, -0.25) is 0 Å². The zero-order valence-corrected chi connectivity index (χ0v) is 16.1. The summed E-state index contributed by atoms with van der Waals surface area (Å²) in [5.74, 6) is -0.594. The summed E-state index contributed by atoms with van der Waals surface area (Å²) in [6, 6.07) is 15.9. The van der Waals surface area contributed by atoms with Crippen LogP contribution in [0.25, 0.3) is 26.5 Å². The fraction of sp³-hybridized carbons (Fsp3) is 0.0952. The number of para-hydroxylation sites is 1. The average Bonchev–Trinajstić information content (AvgIpc) is 3.28. The molecule has 0 aliphatic heterocycles. The fourth-order valence-corrected chi connectivity index (χ4v) is 4.06. The summed E-state index contributed by atoms with van der Waals surface area (Å²) in [6.07, 6.45) is 1.56. The van der Waals surface area contributed by atoms with Gasteiger partial charge >= 0.3 is 5.97 Å². The van der Waals surface area contributed by atoms with E-state index in [9.17, 15) is 10.1 Å². The lowest BCUT2D eigenvalue weighted by Crippen LogP contribution is -2.11. The molecule has 0 spiro atoms. The number of carbonyl (C=O) groups excluding carboxylic acids is 1. The molecule has 0 amide bonds. The first kappa shape index (κ1) is 17.8. The first-order valence-corrected chi connectivity index (χ1v) is 9.31. The standard InChI is InChI=1S/C21H16N4O2S/c1-12-7-8-13(20-24-15-5-3-4-6-17(15)28-20)9-16(12)25-11-14(10-22)18(23)19(25)21(26)27-2/h3-9,11H,23H2,1-2H3. The summed E-state index contributed by atoms with van der Waals surface area (Å²) >= 11 is 1.60. The molecule has 2 aromatic carbocycles. The number of aryl methyl sites for hydroxylation is 1. The molecule has 0 fully saturated rings. The minimum absolute atomic E-state index is 0.110. The van der Waals surface area contributed by atoms with E-state index in [0.29, 0.717) is 0 Å². The molecule has 2 aromatic heterocycles. The van der Waals surface area contributed by atoms with Crippen molar-refractivity contribution < 1.29 is 9.53 Å². The number of rotatable bonds is 3. The third kappa shape index (κ3) is 2.80. The first-order chi connectivity index (χ1) is 13.5. The number of aromatic nitrogens is 2. The van der Waals surface area contributed by atoms with Crippen molar-refractivity contribution in [2.45, 2.75) is 6.92 Å². The number of hydrogen-bond acceptors (Lipinski definition) is 6. The molecule has 0 saturated heterocycles. The molecule has 4 aromatic rings. The Labute approximate surface area is 165 Å². The predicted octanol–water partition coefficient (Wildman–Crippen LogP) is 4.30. The van der Waals surface area contributed by atoms with E-state index >= 15 is 0 Å². The van der Waals surface area contributed by atoms with Crippen molar-refractivity contribution in [2.75, 3.05) is 12.8 Å². The molecular formula is C21H16N4O2S.